The van der Waals surface area contributed by atoms with E-state index in [0.717, 1.165) is 11.4 Å². The number of nitrogens with zero attached hydrogens (tertiary/aromatic N) is 3. The van der Waals surface area contributed by atoms with Crippen LogP contribution in [0.5, 0.6) is 17.2 Å². The van der Waals surface area contributed by atoms with Gasteiger partial charge >= 0.3 is 0 Å². The number of nitrogens with one attached hydrogen (secondary N) is 1. The Hall–Kier alpha value is -3.95. The van der Waals surface area contributed by atoms with Crippen LogP contribution < -0.4 is 24.4 Å². The second-order valence-electron chi connectivity index (χ2n) is 8.34. The Morgan fingerprint density at radius 2 is 1.50 bits per heavy atom. The predicted molar refractivity (Wildman–Crippen MR) is 132 cm³/mol. The summed E-state index contributed by atoms with van der Waals surface area (Å²) < 4.78 is 44.7. The summed E-state index contributed by atoms with van der Waals surface area (Å²) in [6.45, 7) is 1.34. The van der Waals surface area contributed by atoms with E-state index in [1.54, 1.807) is 19.5 Å². The number of piperidine rings is 1. The number of ketones is 1. The third-order valence-electron chi connectivity index (χ3n) is 6.13. The molecule has 10 heteroatoms. The Bertz CT molecular complexity index is 1200. The molecule has 2 aromatic carbocycles. The number of aromatic nitrogens is 2. The van der Waals surface area contributed by atoms with Gasteiger partial charge in [-0.15, -0.1) is 0 Å². The number of rotatable bonds is 9. The Kier molecular flexibility index (Phi) is 7.82. The van der Waals surface area contributed by atoms with Gasteiger partial charge in [-0.1, -0.05) is 0 Å². The maximum atomic E-state index is 14.6. The van der Waals surface area contributed by atoms with Crippen molar-refractivity contribution in [2.45, 2.75) is 25.7 Å². The zero-order valence-corrected chi connectivity index (χ0v) is 20.4. The van der Waals surface area contributed by atoms with Gasteiger partial charge in [0.05, 0.1) is 27.0 Å². The van der Waals surface area contributed by atoms with Gasteiger partial charge < -0.3 is 24.4 Å². The van der Waals surface area contributed by atoms with Gasteiger partial charge in [0, 0.05) is 61.7 Å². The fourth-order valence-corrected chi connectivity index (χ4v) is 4.12. The highest BCUT2D eigenvalue weighted by Crippen LogP contribution is 2.34. The summed E-state index contributed by atoms with van der Waals surface area (Å²) in [5, 5.41) is 3.14. The standard InChI is InChI=1S/C26H28F2N4O4/c1-34-21-12-17(5-7-20(21)32-10-8-18(33)9-11-32)31-26-29-14-16(15-30-26)4-6-19-24(27)22(35-2)13-23(36-3)25(19)28/h5,7,12-15H,4,6,8-11H2,1-3H3,(H,29,30,31). The van der Waals surface area contributed by atoms with Crippen LogP contribution in [0, 0.1) is 11.6 Å². The van der Waals surface area contributed by atoms with E-state index in [0.29, 0.717) is 49.6 Å². The van der Waals surface area contributed by atoms with Crippen molar-refractivity contribution in [2.24, 2.45) is 0 Å². The number of aryl methyl sites for hydroxylation is 1. The molecule has 0 saturated carbocycles. The van der Waals surface area contributed by atoms with E-state index in [4.69, 9.17) is 14.2 Å². The molecule has 0 atom stereocenters. The molecule has 4 rings (SSSR count). The summed E-state index contributed by atoms with van der Waals surface area (Å²) in [7, 11) is 4.24. The minimum absolute atomic E-state index is 0.0747. The lowest BCUT2D eigenvalue weighted by Crippen LogP contribution is -2.33. The van der Waals surface area contributed by atoms with E-state index in [-0.39, 0.29) is 29.3 Å². The van der Waals surface area contributed by atoms with Crippen LogP contribution in [0.2, 0.25) is 0 Å². The van der Waals surface area contributed by atoms with E-state index in [9.17, 15) is 13.6 Å². The molecule has 1 fully saturated rings. The van der Waals surface area contributed by atoms with E-state index in [1.807, 2.05) is 18.2 Å². The lowest BCUT2D eigenvalue weighted by Gasteiger charge is -2.29. The third-order valence-corrected chi connectivity index (χ3v) is 6.13. The molecule has 0 aliphatic carbocycles. The molecular weight excluding hydrogens is 470 g/mol. The van der Waals surface area contributed by atoms with Crippen LogP contribution in [0.1, 0.15) is 24.0 Å². The Morgan fingerprint density at radius 1 is 0.889 bits per heavy atom. The van der Waals surface area contributed by atoms with Crippen LogP contribution in [-0.4, -0.2) is 50.2 Å². The molecule has 1 aromatic heterocycles. The molecule has 1 aliphatic heterocycles. The van der Waals surface area contributed by atoms with Gasteiger partial charge in [-0.25, -0.2) is 18.7 Å². The monoisotopic (exact) mass is 498 g/mol. The van der Waals surface area contributed by atoms with Crippen LogP contribution in [0.4, 0.5) is 26.1 Å². The second kappa shape index (κ2) is 11.2. The predicted octanol–water partition coefficient (Wildman–Crippen LogP) is 4.48. The van der Waals surface area contributed by atoms with Crippen molar-refractivity contribution < 1.29 is 27.8 Å². The van der Waals surface area contributed by atoms with Crippen molar-refractivity contribution in [3.8, 4) is 17.2 Å². The van der Waals surface area contributed by atoms with E-state index in [2.05, 4.69) is 20.2 Å². The van der Waals surface area contributed by atoms with Crippen LogP contribution in [0.25, 0.3) is 0 Å². The largest absolute Gasteiger partial charge is 0.495 e. The number of ether oxygens (including phenoxy) is 3. The molecule has 0 bridgehead atoms. The summed E-state index contributed by atoms with van der Waals surface area (Å²) >= 11 is 0. The van der Waals surface area contributed by atoms with Crippen molar-refractivity contribution in [3.63, 3.8) is 0 Å². The first-order chi connectivity index (χ1) is 17.4. The van der Waals surface area contributed by atoms with Crippen molar-refractivity contribution in [3.05, 3.63) is 59.4 Å². The number of carbonyl (C=O) groups is 1. The number of carbonyl (C=O) groups excluding carboxylic acids is 1. The Balaban J connectivity index is 1.42. The van der Waals surface area contributed by atoms with Crippen LogP contribution in [0.3, 0.4) is 0 Å². The first kappa shape index (κ1) is 25.2. The number of hydrogen-bond acceptors (Lipinski definition) is 8. The number of methoxy groups -OCH3 is 3. The lowest BCUT2D eigenvalue weighted by molar-refractivity contribution is -0.119. The maximum absolute atomic E-state index is 14.6. The smallest absolute Gasteiger partial charge is 0.227 e. The Morgan fingerprint density at radius 3 is 2.08 bits per heavy atom. The molecule has 36 heavy (non-hydrogen) atoms. The minimum atomic E-state index is -0.747. The average molecular weight is 499 g/mol. The fourth-order valence-electron chi connectivity index (χ4n) is 4.12. The van der Waals surface area contributed by atoms with Gasteiger partial charge in [0.2, 0.25) is 5.95 Å². The number of Topliss-reactive ketones (excluding diaryl/α,β-unsaturated/α-hetero) is 1. The highest BCUT2D eigenvalue weighted by molar-refractivity contribution is 5.81. The molecule has 1 N–H and O–H groups in total. The van der Waals surface area contributed by atoms with Crippen molar-refractivity contribution in [1.82, 2.24) is 9.97 Å². The van der Waals surface area contributed by atoms with Crippen LogP contribution in [-0.2, 0) is 17.6 Å². The number of benzene rings is 2. The molecule has 0 unspecified atom stereocenters. The first-order valence-electron chi connectivity index (χ1n) is 11.5. The van der Waals surface area contributed by atoms with Crippen LogP contribution >= 0.6 is 0 Å². The summed E-state index contributed by atoms with van der Waals surface area (Å²) in [6, 6.07) is 6.88. The van der Waals surface area contributed by atoms with Crippen LogP contribution in [0.15, 0.2) is 36.7 Å². The van der Waals surface area contributed by atoms with Crippen molar-refractivity contribution in [1.29, 1.82) is 0 Å². The molecule has 190 valence electrons. The highest BCUT2D eigenvalue weighted by atomic mass is 19.1. The summed E-state index contributed by atoms with van der Waals surface area (Å²) in [5.74, 6) is -0.306. The molecule has 0 radical (unpaired) electrons. The van der Waals surface area contributed by atoms with Gasteiger partial charge in [0.25, 0.3) is 0 Å². The number of anilines is 3. The maximum Gasteiger partial charge on any atom is 0.227 e. The topological polar surface area (TPSA) is 85.8 Å². The Labute approximate surface area is 208 Å². The lowest BCUT2D eigenvalue weighted by atomic mass is 10.0. The molecule has 3 aromatic rings. The average Bonchev–Trinajstić information content (AvgIpc) is 2.90. The molecular formula is C26H28F2N4O4. The normalized spacial score (nSPS) is 13.5. The van der Waals surface area contributed by atoms with E-state index < -0.39 is 11.6 Å². The third kappa shape index (κ3) is 5.48. The molecule has 0 spiro atoms. The van der Waals surface area contributed by atoms with E-state index >= 15 is 0 Å². The highest BCUT2D eigenvalue weighted by Gasteiger charge is 2.21. The SMILES string of the molecule is COc1cc(Nc2ncc(CCc3c(F)c(OC)cc(OC)c3F)cn2)ccc1N1CCC(=O)CC1. The van der Waals surface area contributed by atoms with Crippen molar-refractivity contribution >= 4 is 23.1 Å². The quantitative estimate of drug-likeness (QED) is 0.462. The zero-order valence-electron chi connectivity index (χ0n) is 20.4. The fraction of sp³-hybridized carbons (Fsp3) is 0.346. The van der Waals surface area contributed by atoms with Gasteiger partial charge in [-0.2, -0.15) is 0 Å². The summed E-state index contributed by atoms with van der Waals surface area (Å²) in [6.07, 6.45) is 4.70. The molecule has 8 nitrogen and oxygen atoms in total. The van der Waals surface area contributed by atoms with E-state index in [1.165, 1.54) is 20.3 Å². The van der Waals surface area contributed by atoms with Gasteiger partial charge in [0.15, 0.2) is 23.1 Å². The number of halogens is 2. The first-order valence-corrected chi connectivity index (χ1v) is 11.5. The number of hydrogen-bond donors (Lipinski definition) is 1. The molecule has 1 aliphatic rings. The molecule has 1 saturated heterocycles. The van der Waals surface area contributed by atoms with Gasteiger partial charge in [-0.3, -0.25) is 4.79 Å². The summed E-state index contributed by atoms with van der Waals surface area (Å²) in [5.41, 5.74) is 2.27. The van der Waals surface area contributed by atoms with Crippen molar-refractivity contribution in [2.75, 3.05) is 44.6 Å². The second-order valence-corrected chi connectivity index (χ2v) is 8.34. The summed E-state index contributed by atoms with van der Waals surface area (Å²) in [4.78, 5) is 22.3. The van der Waals surface area contributed by atoms with Gasteiger partial charge in [0.1, 0.15) is 11.5 Å². The molecule has 0 amide bonds. The minimum Gasteiger partial charge on any atom is -0.495 e. The molecule has 2 heterocycles. The zero-order chi connectivity index (χ0) is 25.7. The van der Waals surface area contributed by atoms with Gasteiger partial charge in [-0.05, 0) is 30.5 Å².